The molecule has 0 spiro atoms. The van der Waals surface area contributed by atoms with Crippen molar-refractivity contribution in [1.82, 2.24) is 4.90 Å². The first-order chi connectivity index (χ1) is 21.5. The van der Waals surface area contributed by atoms with Gasteiger partial charge >= 0.3 is 11.9 Å². The van der Waals surface area contributed by atoms with Crippen molar-refractivity contribution >= 4 is 11.9 Å². The number of carbonyl (C=O) groups excluding carboxylic acids is 2. The molecule has 4 fully saturated rings. The van der Waals surface area contributed by atoms with Gasteiger partial charge in [0.2, 0.25) is 0 Å². The van der Waals surface area contributed by atoms with Crippen molar-refractivity contribution in [2.75, 3.05) is 14.1 Å². The van der Waals surface area contributed by atoms with Gasteiger partial charge < -0.3 is 28.6 Å². The molecule has 8 nitrogen and oxygen atoms in total. The maximum atomic E-state index is 14.0. The second kappa shape index (κ2) is 16.7. The van der Waals surface area contributed by atoms with E-state index in [4.69, 9.17) is 23.7 Å². The molecule has 14 atom stereocenters. The molecule has 0 saturated carbocycles. The molecule has 0 aromatic rings. The Morgan fingerprint density at radius 2 is 1.40 bits per heavy atom. The second-order valence-electron chi connectivity index (χ2n) is 15.1. The van der Waals surface area contributed by atoms with Gasteiger partial charge in [-0.15, -0.1) is 0 Å². The van der Waals surface area contributed by atoms with Crippen molar-refractivity contribution < 1.29 is 33.3 Å². The van der Waals surface area contributed by atoms with E-state index in [1.165, 1.54) is 0 Å². The third-order valence-electron chi connectivity index (χ3n) is 11.8. The molecule has 4 saturated heterocycles. The van der Waals surface area contributed by atoms with Gasteiger partial charge in [-0.2, -0.15) is 0 Å². The van der Waals surface area contributed by atoms with Gasteiger partial charge in [0.15, 0.2) is 0 Å². The number of carbonyl (C=O) groups is 2. The number of rotatable bonds is 10. The Morgan fingerprint density at radius 1 is 0.756 bits per heavy atom. The zero-order valence-electron chi connectivity index (χ0n) is 29.9. The van der Waals surface area contributed by atoms with Gasteiger partial charge in [-0.25, -0.2) is 0 Å². The van der Waals surface area contributed by atoms with Crippen LogP contribution in [0.4, 0.5) is 0 Å². The maximum absolute atomic E-state index is 14.0. The molecule has 4 heterocycles. The summed E-state index contributed by atoms with van der Waals surface area (Å²) in [6, 6.07) is 0.506. The first kappa shape index (κ1) is 36.6. The number of fused-ring (bicyclic) bond motifs is 4. The van der Waals surface area contributed by atoms with Gasteiger partial charge in [0.1, 0.15) is 12.2 Å². The van der Waals surface area contributed by atoms with Gasteiger partial charge in [-0.3, -0.25) is 9.59 Å². The lowest BCUT2D eigenvalue weighted by molar-refractivity contribution is -0.178. The van der Waals surface area contributed by atoms with Crippen LogP contribution >= 0.6 is 0 Å². The molecule has 0 aliphatic carbocycles. The number of hydrogen-bond acceptors (Lipinski definition) is 8. The van der Waals surface area contributed by atoms with Gasteiger partial charge in [0.25, 0.3) is 0 Å². The minimum atomic E-state index is -0.353. The third-order valence-corrected chi connectivity index (χ3v) is 11.8. The van der Waals surface area contributed by atoms with Gasteiger partial charge in [-0.05, 0) is 85.2 Å². The standard InChI is InChI=1S/C37H65NO7/c1-10-13-26(38(8)9)21-27-15-16-31(41-27)23(5)35-24(6)32-17-18-33(42-32)25(7)36(39)44-29(14-11-2)22(4)30-19-20-34(43-30)28(12-3)37(40)45-35/h22-35H,10-21H2,1-9H3/t22-,23+,24+,25+,26+,27-,28-,29-,30-,31+,32-,33+,34+,35-/m0/s1. The fourth-order valence-corrected chi connectivity index (χ4v) is 8.61. The molecule has 45 heavy (non-hydrogen) atoms. The summed E-state index contributed by atoms with van der Waals surface area (Å²) in [7, 11) is 4.32. The molecule has 0 aromatic heterocycles. The van der Waals surface area contributed by atoms with Crippen LogP contribution in [-0.4, -0.2) is 85.8 Å². The van der Waals surface area contributed by atoms with E-state index in [0.717, 1.165) is 70.6 Å². The summed E-state index contributed by atoms with van der Waals surface area (Å²) < 4.78 is 32.8. The third kappa shape index (κ3) is 8.83. The average Bonchev–Trinajstić information content (AvgIpc) is 3.80. The van der Waals surface area contributed by atoms with Crippen molar-refractivity contribution in [2.24, 2.45) is 29.6 Å². The predicted octanol–water partition coefficient (Wildman–Crippen LogP) is 6.96. The largest absolute Gasteiger partial charge is 0.462 e. The van der Waals surface area contributed by atoms with E-state index >= 15 is 0 Å². The molecule has 8 heteroatoms. The highest BCUT2D eigenvalue weighted by Crippen LogP contribution is 2.40. The second-order valence-corrected chi connectivity index (χ2v) is 15.1. The number of ether oxygens (including phenoxy) is 5. The van der Waals surface area contributed by atoms with Crippen molar-refractivity contribution in [3.63, 3.8) is 0 Å². The van der Waals surface area contributed by atoms with Crippen molar-refractivity contribution in [1.29, 1.82) is 0 Å². The molecule has 4 aliphatic heterocycles. The average molecular weight is 636 g/mol. The Kier molecular flexibility index (Phi) is 13.6. The predicted molar refractivity (Wildman–Crippen MR) is 176 cm³/mol. The summed E-state index contributed by atoms with van der Waals surface area (Å²) in [6.07, 6.45) is 10.2. The highest BCUT2D eigenvalue weighted by atomic mass is 16.6. The van der Waals surface area contributed by atoms with Crippen molar-refractivity contribution in [3.05, 3.63) is 0 Å². The highest BCUT2D eigenvalue weighted by Gasteiger charge is 2.47. The van der Waals surface area contributed by atoms with Crippen LogP contribution in [0.25, 0.3) is 0 Å². The number of nitrogens with zero attached hydrogens (tertiary/aromatic N) is 1. The molecule has 4 aliphatic rings. The molecule has 0 unspecified atom stereocenters. The normalized spacial score (nSPS) is 41.2. The molecular weight excluding hydrogens is 570 g/mol. The van der Waals surface area contributed by atoms with E-state index in [-0.39, 0.29) is 90.4 Å². The molecule has 0 amide bonds. The zero-order valence-corrected chi connectivity index (χ0v) is 29.9. The lowest BCUT2D eigenvalue weighted by atomic mass is 9.84. The van der Waals surface area contributed by atoms with Crippen LogP contribution in [0.5, 0.6) is 0 Å². The fraction of sp³-hybridized carbons (Fsp3) is 0.946. The molecular formula is C37H65NO7. The molecule has 0 N–H and O–H groups in total. The van der Waals surface area contributed by atoms with Crippen molar-refractivity contribution in [2.45, 2.75) is 180 Å². The molecule has 0 aromatic carbocycles. The summed E-state index contributed by atoms with van der Waals surface area (Å²) in [5, 5.41) is 0. The summed E-state index contributed by atoms with van der Waals surface area (Å²) in [5.41, 5.74) is 0. The van der Waals surface area contributed by atoms with E-state index in [2.05, 4.69) is 60.5 Å². The van der Waals surface area contributed by atoms with Crippen LogP contribution in [0.15, 0.2) is 0 Å². The van der Waals surface area contributed by atoms with Gasteiger partial charge in [0.05, 0.1) is 48.5 Å². The van der Waals surface area contributed by atoms with Crippen LogP contribution < -0.4 is 0 Å². The van der Waals surface area contributed by atoms with Gasteiger partial charge in [0, 0.05) is 23.8 Å². The smallest absolute Gasteiger partial charge is 0.311 e. The van der Waals surface area contributed by atoms with Crippen molar-refractivity contribution in [3.8, 4) is 0 Å². The summed E-state index contributed by atoms with van der Waals surface area (Å²) in [4.78, 5) is 29.8. The molecule has 4 rings (SSSR count). The van der Waals surface area contributed by atoms with E-state index in [1.54, 1.807) is 0 Å². The molecule has 0 radical (unpaired) electrons. The number of cyclic esters (lactones) is 2. The van der Waals surface area contributed by atoms with E-state index in [0.29, 0.717) is 12.5 Å². The Bertz CT molecular complexity index is 944. The Balaban J connectivity index is 1.56. The van der Waals surface area contributed by atoms with Crippen LogP contribution in [0.1, 0.15) is 126 Å². The van der Waals surface area contributed by atoms with Gasteiger partial charge in [-0.1, -0.05) is 54.4 Å². The van der Waals surface area contributed by atoms with Crippen LogP contribution in [0.2, 0.25) is 0 Å². The SMILES string of the molecule is CCC[C@H](C[C@@H]1CC[C@H]([C@@H](C)[C@@H]2OC(=O)[C@@H](CC)[C@H]3CC[C@H](O3)[C@@H](C)[C@H](CCC)OC(=O)[C@H](C)[C@H]3CC[C@H](O3)[C@H]2C)O1)N(C)C. The van der Waals surface area contributed by atoms with Crippen LogP contribution in [0.3, 0.4) is 0 Å². The molecule has 4 bridgehead atoms. The first-order valence-electron chi connectivity index (χ1n) is 18.5. The van der Waals surface area contributed by atoms with E-state index in [9.17, 15) is 9.59 Å². The summed E-state index contributed by atoms with van der Waals surface area (Å²) >= 11 is 0. The topological polar surface area (TPSA) is 83.5 Å². The quantitative estimate of drug-likeness (QED) is 0.238. The Hall–Kier alpha value is -1.22. The minimum absolute atomic E-state index is 0.0198. The zero-order chi connectivity index (χ0) is 32.8. The summed E-state index contributed by atoms with van der Waals surface area (Å²) in [5.74, 6) is -0.975. The van der Waals surface area contributed by atoms with E-state index < -0.39 is 0 Å². The lowest BCUT2D eigenvalue weighted by Crippen LogP contribution is -2.45. The fourth-order valence-electron chi connectivity index (χ4n) is 8.61. The maximum Gasteiger partial charge on any atom is 0.311 e. The Labute approximate surface area is 274 Å². The van der Waals surface area contributed by atoms with Crippen LogP contribution in [-0.2, 0) is 33.3 Å². The lowest BCUT2D eigenvalue weighted by Gasteiger charge is -2.37. The number of hydrogen-bond donors (Lipinski definition) is 0. The highest BCUT2D eigenvalue weighted by molar-refractivity contribution is 5.73. The van der Waals surface area contributed by atoms with Crippen LogP contribution in [0, 0.1) is 29.6 Å². The summed E-state index contributed by atoms with van der Waals surface area (Å²) in [6.45, 7) is 14.8. The van der Waals surface area contributed by atoms with E-state index in [1.807, 2.05) is 6.92 Å². The number of esters is 2. The molecule has 260 valence electrons. The minimum Gasteiger partial charge on any atom is -0.462 e. The monoisotopic (exact) mass is 635 g/mol. The Morgan fingerprint density at radius 3 is 2.04 bits per heavy atom. The first-order valence-corrected chi connectivity index (χ1v) is 18.5.